The molecule has 1 rings (SSSR count). The largest absolute Gasteiger partial charge is 0.383 e. The van der Waals surface area contributed by atoms with Crippen LogP contribution in [0.3, 0.4) is 0 Å². The van der Waals surface area contributed by atoms with E-state index in [1.165, 1.54) is 23.1 Å². The maximum absolute atomic E-state index is 13.0. The molecule has 0 aliphatic heterocycles. The number of benzene rings is 1. The summed E-state index contributed by atoms with van der Waals surface area (Å²) in [6.07, 6.45) is 0. The second-order valence-corrected chi connectivity index (χ2v) is 4.81. The maximum Gasteiger partial charge on any atom is 0.253 e. The van der Waals surface area contributed by atoms with E-state index in [9.17, 15) is 9.18 Å². The Morgan fingerprint density at radius 2 is 2.22 bits per heavy atom. The molecule has 100 valence electrons. The molecule has 0 saturated heterocycles. The summed E-state index contributed by atoms with van der Waals surface area (Å²) in [5.41, 5.74) is 1.10. The predicted octanol–water partition coefficient (Wildman–Crippen LogP) is 2.46. The topological polar surface area (TPSA) is 29.5 Å². The molecule has 0 aliphatic carbocycles. The minimum absolute atomic E-state index is 0.172. The molecule has 1 atom stereocenters. The van der Waals surface area contributed by atoms with Crippen LogP contribution in [0.5, 0.6) is 0 Å². The molecule has 0 heterocycles. The lowest BCUT2D eigenvalue weighted by molar-refractivity contribution is 0.0781. The minimum atomic E-state index is -0.346. The average Bonchev–Trinajstić information content (AvgIpc) is 2.28. The molecule has 18 heavy (non-hydrogen) atoms. The smallest absolute Gasteiger partial charge is 0.253 e. The number of nitrogens with zero attached hydrogens (tertiary/aromatic N) is 1. The molecular formula is C13H17ClFNO2. The van der Waals surface area contributed by atoms with Gasteiger partial charge in [0.15, 0.2) is 0 Å². The van der Waals surface area contributed by atoms with Crippen LogP contribution in [-0.2, 0) is 4.74 Å². The minimum Gasteiger partial charge on any atom is -0.383 e. The van der Waals surface area contributed by atoms with Crippen molar-refractivity contribution in [3.05, 3.63) is 35.1 Å². The molecule has 0 saturated carbocycles. The van der Waals surface area contributed by atoms with Gasteiger partial charge in [0.25, 0.3) is 5.91 Å². The Balaban J connectivity index is 2.74. The highest BCUT2D eigenvalue weighted by molar-refractivity contribution is 6.21. The first-order chi connectivity index (χ1) is 8.45. The number of hydrogen-bond acceptors (Lipinski definition) is 2. The number of rotatable bonds is 5. The zero-order chi connectivity index (χ0) is 13.7. The van der Waals surface area contributed by atoms with Crippen LogP contribution < -0.4 is 0 Å². The molecule has 3 nitrogen and oxygen atoms in total. The van der Waals surface area contributed by atoms with Gasteiger partial charge >= 0.3 is 0 Å². The maximum atomic E-state index is 13.0. The summed E-state index contributed by atoms with van der Waals surface area (Å²) >= 11 is 5.99. The Labute approximate surface area is 111 Å². The second kappa shape index (κ2) is 6.71. The van der Waals surface area contributed by atoms with Gasteiger partial charge in [-0.1, -0.05) is 0 Å². The normalized spacial score (nSPS) is 12.3. The van der Waals surface area contributed by atoms with E-state index in [1.807, 2.05) is 0 Å². The standard InChI is InChI=1S/C13H17ClFNO2/c1-9-6-11(15)4-5-12(9)13(17)16(2)7-10(14)8-18-3/h4-6,10H,7-8H2,1-3H3. The first kappa shape index (κ1) is 14.9. The van der Waals surface area contributed by atoms with Crippen LogP contribution in [0.1, 0.15) is 15.9 Å². The molecule has 0 fully saturated rings. The Kier molecular flexibility index (Phi) is 5.56. The fraction of sp³-hybridized carbons (Fsp3) is 0.462. The lowest BCUT2D eigenvalue weighted by atomic mass is 10.1. The van der Waals surface area contributed by atoms with E-state index >= 15 is 0 Å². The Bertz CT molecular complexity index is 425. The molecule has 0 aromatic heterocycles. The van der Waals surface area contributed by atoms with Crippen molar-refractivity contribution in [3.8, 4) is 0 Å². The molecule has 0 bridgehead atoms. The van der Waals surface area contributed by atoms with Crippen LogP contribution >= 0.6 is 11.6 Å². The Morgan fingerprint density at radius 1 is 1.56 bits per heavy atom. The van der Waals surface area contributed by atoms with Gasteiger partial charge in [-0.05, 0) is 30.7 Å². The highest BCUT2D eigenvalue weighted by Crippen LogP contribution is 2.13. The Hall–Kier alpha value is -1.13. The number of amides is 1. The van der Waals surface area contributed by atoms with Gasteiger partial charge in [-0.2, -0.15) is 0 Å². The third-order valence-corrected chi connectivity index (χ3v) is 2.85. The van der Waals surface area contributed by atoms with Crippen molar-refractivity contribution in [2.24, 2.45) is 0 Å². The Morgan fingerprint density at radius 3 is 2.78 bits per heavy atom. The van der Waals surface area contributed by atoms with Crippen molar-refractivity contribution in [1.82, 2.24) is 4.90 Å². The average molecular weight is 274 g/mol. The van der Waals surface area contributed by atoms with Crippen molar-refractivity contribution >= 4 is 17.5 Å². The summed E-state index contributed by atoms with van der Waals surface area (Å²) in [6.45, 7) is 2.46. The van der Waals surface area contributed by atoms with Crippen molar-refractivity contribution in [2.75, 3.05) is 27.3 Å². The predicted molar refractivity (Wildman–Crippen MR) is 69.6 cm³/mol. The number of ether oxygens (including phenoxy) is 1. The van der Waals surface area contributed by atoms with Gasteiger partial charge in [-0.25, -0.2) is 4.39 Å². The van der Waals surface area contributed by atoms with Crippen LogP contribution in [0, 0.1) is 12.7 Å². The molecule has 0 spiro atoms. The summed E-state index contributed by atoms with van der Waals surface area (Å²) in [7, 11) is 3.22. The number of hydrogen-bond donors (Lipinski definition) is 0. The van der Waals surface area contributed by atoms with E-state index < -0.39 is 0 Å². The van der Waals surface area contributed by atoms with Gasteiger partial charge in [-0.3, -0.25) is 4.79 Å². The SMILES string of the molecule is COCC(Cl)CN(C)C(=O)c1ccc(F)cc1C. The van der Waals surface area contributed by atoms with E-state index in [0.29, 0.717) is 24.3 Å². The lowest BCUT2D eigenvalue weighted by Crippen LogP contribution is -2.34. The molecule has 1 aromatic rings. The molecule has 1 amide bonds. The van der Waals surface area contributed by atoms with Crippen LogP contribution in [0.2, 0.25) is 0 Å². The number of alkyl halides is 1. The van der Waals surface area contributed by atoms with Gasteiger partial charge in [-0.15, -0.1) is 11.6 Å². The summed E-state index contributed by atoms with van der Waals surface area (Å²) in [5, 5.41) is -0.260. The van der Waals surface area contributed by atoms with Gasteiger partial charge in [0, 0.05) is 26.3 Å². The lowest BCUT2D eigenvalue weighted by Gasteiger charge is -2.21. The van der Waals surface area contributed by atoms with Crippen LogP contribution in [0.25, 0.3) is 0 Å². The van der Waals surface area contributed by atoms with Crippen LogP contribution in [-0.4, -0.2) is 43.5 Å². The molecule has 1 aromatic carbocycles. The molecule has 0 N–H and O–H groups in total. The van der Waals surface area contributed by atoms with Crippen molar-refractivity contribution in [3.63, 3.8) is 0 Å². The summed E-state index contributed by atoms with van der Waals surface area (Å²) in [5.74, 6) is -0.518. The monoisotopic (exact) mass is 273 g/mol. The van der Waals surface area contributed by atoms with Crippen LogP contribution in [0.15, 0.2) is 18.2 Å². The van der Waals surface area contributed by atoms with Crippen LogP contribution in [0.4, 0.5) is 4.39 Å². The molecule has 5 heteroatoms. The molecule has 0 aliphatic rings. The highest BCUT2D eigenvalue weighted by atomic mass is 35.5. The second-order valence-electron chi connectivity index (χ2n) is 4.20. The van der Waals surface area contributed by atoms with E-state index in [-0.39, 0.29) is 17.1 Å². The number of aryl methyl sites for hydroxylation is 1. The zero-order valence-corrected chi connectivity index (χ0v) is 11.5. The quantitative estimate of drug-likeness (QED) is 0.772. The first-order valence-corrected chi connectivity index (χ1v) is 6.04. The molecule has 0 radical (unpaired) electrons. The van der Waals surface area contributed by atoms with E-state index in [2.05, 4.69) is 0 Å². The van der Waals surface area contributed by atoms with Crippen molar-refractivity contribution in [1.29, 1.82) is 0 Å². The molecular weight excluding hydrogens is 257 g/mol. The number of methoxy groups -OCH3 is 1. The third-order valence-electron chi connectivity index (χ3n) is 2.59. The van der Waals surface area contributed by atoms with Gasteiger partial charge < -0.3 is 9.64 Å². The van der Waals surface area contributed by atoms with Crippen molar-refractivity contribution in [2.45, 2.75) is 12.3 Å². The van der Waals surface area contributed by atoms with E-state index in [1.54, 1.807) is 21.1 Å². The first-order valence-electron chi connectivity index (χ1n) is 5.60. The van der Waals surface area contributed by atoms with Gasteiger partial charge in [0.2, 0.25) is 0 Å². The highest BCUT2D eigenvalue weighted by Gasteiger charge is 2.17. The summed E-state index contributed by atoms with van der Waals surface area (Å²) in [4.78, 5) is 13.6. The summed E-state index contributed by atoms with van der Waals surface area (Å²) in [6, 6.07) is 4.11. The van der Waals surface area contributed by atoms with E-state index in [4.69, 9.17) is 16.3 Å². The van der Waals surface area contributed by atoms with Crippen molar-refractivity contribution < 1.29 is 13.9 Å². The third kappa shape index (κ3) is 3.96. The molecule has 1 unspecified atom stereocenters. The number of halogens is 2. The number of carbonyl (C=O) groups is 1. The van der Waals surface area contributed by atoms with Gasteiger partial charge in [0.05, 0.1) is 12.0 Å². The zero-order valence-electron chi connectivity index (χ0n) is 10.7. The fourth-order valence-corrected chi connectivity index (χ4v) is 2.02. The number of carbonyl (C=O) groups excluding carboxylic acids is 1. The van der Waals surface area contributed by atoms with Gasteiger partial charge in [0.1, 0.15) is 5.82 Å². The summed E-state index contributed by atoms with van der Waals surface area (Å²) < 4.78 is 17.9. The fourth-order valence-electron chi connectivity index (χ4n) is 1.69. The van der Waals surface area contributed by atoms with E-state index in [0.717, 1.165) is 0 Å².